The third kappa shape index (κ3) is 26.7. The van der Waals surface area contributed by atoms with Crippen molar-refractivity contribution in [1.82, 2.24) is 73.4 Å². The summed E-state index contributed by atoms with van der Waals surface area (Å²) in [5, 5.41) is 49.2. The minimum atomic E-state index is -1.95. The number of amides is 12. The first kappa shape index (κ1) is 80.7. The number of aromatic nitrogens is 3. The Kier molecular flexibility index (Phi) is 33.0. The number of hydrogen-bond acceptors (Lipinski definition) is 19. The Morgan fingerprint density at radius 1 is 0.673 bits per heavy atom. The lowest BCUT2D eigenvalue weighted by Crippen LogP contribution is -2.62. The van der Waals surface area contributed by atoms with Crippen LogP contribution in [0.25, 0.3) is 0 Å². The van der Waals surface area contributed by atoms with Crippen LogP contribution in [0.4, 0.5) is 0 Å². The van der Waals surface area contributed by atoms with Crippen LogP contribution in [0, 0.1) is 23.7 Å². The number of Topliss-reactive ketones (excluding diaryl/α,β-unsaturated/α-hetero) is 1. The third-order valence-electron chi connectivity index (χ3n) is 15.9. The van der Waals surface area contributed by atoms with E-state index in [1.54, 1.807) is 65.0 Å². The summed E-state index contributed by atoms with van der Waals surface area (Å²) in [5.74, 6) is -17.1. The number of carboxylic acids is 2. The van der Waals surface area contributed by atoms with Gasteiger partial charge in [0.05, 0.1) is 19.2 Å². The Bertz CT molecular complexity index is 3270. The maximum absolute atomic E-state index is 14.8. The topological polar surface area (TPSA) is 522 Å². The number of rotatable bonds is 29. The van der Waals surface area contributed by atoms with Crippen molar-refractivity contribution in [2.24, 2.45) is 35.1 Å². The Morgan fingerprint density at radius 2 is 1.28 bits per heavy atom. The molecule has 18 N–H and O–H groups in total. The molecule has 538 valence electrons. The quantitative estimate of drug-likeness (QED) is 0.0358. The summed E-state index contributed by atoms with van der Waals surface area (Å²) in [6, 6.07) is -7.38. The average molecular weight is 1390 g/mol. The number of carbonyl (C=O) groups is 15. The Hall–Kier alpha value is -9.73. The second-order valence-corrected chi connectivity index (χ2v) is 26.0. The molecule has 1 aliphatic heterocycles. The van der Waals surface area contributed by atoms with Gasteiger partial charge in [0.2, 0.25) is 65.0 Å². The summed E-state index contributed by atoms with van der Waals surface area (Å²) < 4.78 is 0. The van der Waals surface area contributed by atoms with Crippen molar-refractivity contribution < 1.29 is 82.1 Å². The molecular weight excluding hydrogens is 1300 g/mol. The number of thiazole rings is 1. The monoisotopic (exact) mass is 1390 g/mol. The van der Waals surface area contributed by atoms with Gasteiger partial charge in [-0.25, -0.2) is 9.97 Å². The number of benzene rings is 1. The van der Waals surface area contributed by atoms with E-state index in [1.807, 2.05) is 6.92 Å². The van der Waals surface area contributed by atoms with Crippen molar-refractivity contribution in [2.45, 2.75) is 199 Å². The van der Waals surface area contributed by atoms with Crippen molar-refractivity contribution >= 4 is 99.9 Å². The number of aliphatic carboxylic acids is 2. The molecule has 11 atom stereocenters. The van der Waals surface area contributed by atoms with Crippen LogP contribution in [0.5, 0.6) is 0 Å². The highest BCUT2D eigenvalue weighted by atomic mass is 32.1. The van der Waals surface area contributed by atoms with Crippen LogP contribution in [-0.4, -0.2) is 187 Å². The van der Waals surface area contributed by atoms with Crippen LogP contribution < -0.4 is 70.0 Å². The largest absolute Gasteiger partial charge is 0.481 e. The SMILES string of the molecule is CC[C@H](C)C(=O)c1nc(C(=O)N[C@@H](CC(C)C)C(=O)N[C@H](CCC(=O)O)C(=O)N[C@H](C(=O)N[C@H]2CCCCNC(=O)[C@H](CC(N)=O)NC(=O)[C@@H](CC(=O)O)NC(=O)[C@H](Cc3cnc[nH]3)NC(=O)[C@@H](Cc3ccccc3)NC(=O)[C@H](C(C)C)NC(=O)[C@@H](CCCN)NC2=O)C(C)C)cs1. The number of carbonyl (C=O) groups excluding carboxylic acids is 13. The number of H-pyrrole nitrogens is 1. The van der Waals surface area contributed by atoms with Gasteiger partial charge in [0.25, 0.3) is 5.91 Å². The van der Waals surface area contributed by atoms with E-state index < -0.39 is 181 Å². The zero-order chi connectivity index (χ0) is 72.9. The summed E-state index contributed by atoms with van der Waals surface area (Å²) in [6.07, 6.45) is -0.653. The third-order valence-corrected chi connectivity index (χ3v) is 16.7. The van der Waals surface area contributed by atoms with Gasteiger partial charge in [-0.05, 0) is 81.2 Å². The van der Waals surface area contributed by atoms with Gasteiger partial charge < -0.3 is 85.1 Å². The summed E-state index contributed by atoms with van der Waals surface area (Å²) in [4.78, 5) is 217. The number of hydrogen-bond donors (Lipinski definition) is 16. The molecule has 0 radical (unpaired) electrons. The highest BCUT2D eigenvalue weighted by molar-refractivity contribution is 7.12. The molecule has 1 fully saturated rings. The Balaban J connectivity index is 1.74. The zero-order valence-corrected chi connectivity index (χ0v) is 57.1. The standard InChI is InChI=1S/C64H94N16O17S/c1-9-35(8)52(86)64-78-46(30-98-64)61(95)73-41(24-32(2)3)57(91)71-40(20-21-48(82)83)56(90)80-50(33(4)5)62(96)72-38-18-13-14-23-68-53(87)44(27-47(66)81)75-60(94)45(28-49(84)85)76-59(93)43(26-37-29-67-31-69-37)74-58(92)42(25-36-16-11-10-12-17-36)77-63(97)51(34(6)7)79-55(89)39(19-15-22-65)70-54(38)88/h10-12,16-17,29-35,38-45,50-51H,9,13-15,18-28,65H2,1-8H3,(H2,66,81)(H,67,69)(H,68,87)(H,70,88)(H,71,91)(H,72,96)(H,73,95)(H,74,92)(H,75,94)(H,76,93)(H,77,97)(H,79,89)(H,80,90)(H,82,83)(H,84,85)/t35-,38-,39+,40+,41-,42+,43-,44-,45+,50-,51-/m0/s1. The van der Waals surface area contributed by atoms with Crippen LogP contribution in [0.3, 0.4) is 0 Å². The van der Waals surface area contributed by atoms with Crippen LogP contribution in [0.15, 0.2) is 48.2 Å². The number of primary amides is 1. The maximum atomic E-state index is 14.8. The zero-order valence-electron chi connectivity index (χ0n) is 56.3. The molecule has 1 aromatic carbocycles. The molecule has 2 aromatic heterocycles. The summed E-state index contributed by atoms with van der Waals surface area (Å²) in [7, 11) is 0. The summed E-state index contributed by atoms with van der Waals surface area (Å²) in [6.45, 7) is 13.1. The number of nitrogens with two attached hydrogens (primary N) is 2. The molecule has 3 aromatic rings. The van der Waals surface area contributed by atoms with Crippen LogP contribution in [0.1, 0.15) is 158 Å². The van der Waals surface area contributed by atoms with E-state index in [-0.39, 0.29) is 98.5 Å². The van der Waals surface area contributed by atoms with Gasteiger partial charge >= 0.3 is 11.9 Å². The fraction of sp³-hybridized carbons (Fsp3) is 0.578. The first-order chi connectivity index (χ1) is 46.3. The molecule has 0 saturated carbocycles. The first-order valence-electron chi connectivity index (χ1n) is 32.6. The maximum Gasteiger partial charge on any atom is 0.305 e. The van der Waals surface area contributed by atoms with Gasteiger partial charge in [-0.1, -0.05) is 85.7 Å². The molecule has 1 saturated heterocycles. The lowest BCUT2D eigenvalue weighted by Gasteiger charge is -2.30. The molecule has 12 amide bonds. The van der Waals surface area contributed by atoms with Gasteiger partial charge in [-0.15, -0.1) is 11.3 Å². The molecular formula is C64H94N16O17S. The molecule has 4 rings (SSSR count). The van der Waals surface area contributed by atoms with Crippen molar-refractivity contribution in [3.05, 3.63) is 70.2 Å². The second-order valence-electron chi connectivity index (χ2n) is 25.1. The van der Waals surface area contributed by atoms with Crippen molar-refractivity contribution in [3.8, 4) is 0 Å². The normalized spacial score (nSPS) is 20.9. The number of nitrogens with one attached hydrogen (secondary N) is 12. The van der Waals surface area contributed by atoms with E-state index in [4.69, 9.17) is 11.5 Å². The van der Waals surface area contributed by atoms with Gasteiger partial charge in [-0.2, -0.15) is 0 Å². The molecule has 0 bridgehead atoms. The fourth-order valence-corrected chi connectivity index (χ4v) is 11.0. The molecule has 0 aliphatic carbocycles. The predicted molar refractivity (Wildman–Crippen MR) is 354 cm³/mol. The van der Waals surface area contributed by atoms with E-state index in [2.05, 4.69) is 73.4 Å². The van der Waals surface area contributed by atoms with Gasteiger partial charge in [0.1, 0.15) is 66.1 Å². The van der Waals surface area contributed by atoms with Gasteiger partial charge in [-0.3, -0.25) is 71.9 Å². The number of nitrogens with zero attached hydrogens (tertiary/aromatic N) is 2. The van der Waals surface area contributed by atoms with Crippen LogP contribution in [0.2, 0.25) is 0 Å². The number of carboxylic acid groups (broad SMARTS) is 2. The minimum absolute atomic E-state index is 0.00752. The number of imidazole rings is 1. The van der Waals surface area contributed by atoms with E-state index in [0.717, 1.165) is 11.3 Å². The molecule has 1 aliphatic rings. The summed E-state index contributed by atoms with van der Waals surface area (Å²) >= 11 is 0.958. The predicted octanol–water partition coefficient (Wildman–Crippen LogP) is -1.35. The molecule has 0 unspecified atom stereocenters. The highest BCUT2D eigenvalue weighted by Gasteiger charge is 2.39. The average Bonchev–Trinajstić information content (AvgIpc) is 1.89. The second kappa shape index (κ2) is 40.1. The number of ketones is 1. The Morgan fingerprint density at radius 3 is 1.86 bits per heavy atom. The fourth-order valence-electron chi connectivity index (χ4n) is 10.2. The van der Waals surface area contributed by atoms with Crippen molar-refractivity contribution in [1.29, 1.82) is 0 Å². The molecule has 33 nitrogen and oxygen atoms in total. The van der Waals surface area contributed by atoms with E-state index in [1.165, 1.54) is 31.8 Å². The highest BCUT2D eigenvalue weighted by Crippen LogP contribution is 2.19. The molecule has 0 spiro atoms. The number of aromatic amines is 1. The van der Waals surface area contributed by atoms with E-state index in [0.29, 0.717) is 12.0 Å². The molecule has 34 heteroatoms. The Labute approximate surface area is 571 Å². The first-order valence-corrected chi connectivity index (χ1v) is 33.4. The van der Waals surface area contributed by atoms with E-state index >= 15 is 0 Å². The molecule has 98 heavy (non-hydrogen) atoms. The molecule has 3 heterocycles. The minimum Gasteiger partial charge on any atom is -0.481 e. The lowest BCUT2D eigenvalue weighted by atomic mass is 9.99. The van der Waals surface area contributed by atoms with Gasteiger partial charge in [0.15, 0.2) is 10.8 Å². The van der Waals surface area contributed by atoms with Crippen molar-refractivity contribution in [3.63, 3.8) is 0 Å². The van der Waals surface area contributed by atoms with E-state index in [9.17, 15) is 82.1 Å². The van der Waals surface area contributed by atoms with Crippen LogP contribution in [-0.2, 0) is 75.2 Å². The lowest BCUT2D eigenvalue weighted by molar-refractivity contribution is -0.142. The van der Waals surface area contributed by atoms with Crippen molar-refractivity contribution in [2.75, 3.05) is 13.1 Å². The smallest absolute Gasteiger partial charge is 0.305 e. The summed E-state index contributed by atoms with van der Waals surface area (Å²) in [5.41, 5.74) is 12.1. The van der Waals surface area contributed by atoms with Gasteiger partial charge in [0, 0.05) is 49.0 Å². The van der Waals surface area contributed by atoms with Crippen LogP contribution >= 0.6 is 11.3 Å².